The molecule has 12 heavy (non-hydrogen) atoms. The van der Waals surface area contributed by atoms with E-state index in [0.29, 0.717) is 6.61 Å². The van der Waals surface area contributed by atoms with Gasteiger partial charge in [-0.3, -0.25) is 0 Å². The van der Waals surface area contributed by atoms with E-state index in [-0.39, 0.29) is 6.10 Å². The van der Waals surface area contributed by atoms with Gasteiger partial charge in [-0.15, -0.1) is 0 Å². The molecule has 0 amide bonds. The van der Waals surface area contributed by atoms with Gasteiger partial charge in [0.1, 0.15) is 6.10 Å². The molecule has 0 spiro atoms. The summed E-state index contributed by atoms with van der Waals surface area (Å²) in [4.78, 5) is 10.6. The lowest BCUT2D eigenvalue weighted by Gasteiger charge is -2.21. The zero-order valence-electron chi connectivity index (χ0n) is 6.69. The largest absolute Gasteiger partial charge is 0.366 e. The van der Waals surface area contributed by atoms with Gasteiger partial charge in [-0.05, 0) is 17.5 Å². The number of rotatable bonds is 1. The molecule has 1 aliphatic rings. The Labute approximate surface area is 71.2 Å². The molecule has 1 atom stereocenters. The van der Waals surface area contributed by atoms with E-state index in [9.17, 15) is 4.79 Å². The monoisotopic (exact) mass is 162 g/mol. The Kier molecular flexibility index (Phi) is 1.92. The third kappa shape index (κ3) is 1.14. The summed E-state index contributed by atoms with van der Waals surface area (Å²) >= 11 is 0. The molecule has 2 rings (SSSR count). The maximum Gasteiger partial charge on any atom is 0.153 e. The van der Waals surface area contributed by atoms with E-state index >= 15 is 0 Å². The average Bonchev–Trinajstić information content (AvgIpc) is 2.17. The molecule has 1 aliphatic heterocycles. The standard InChI is InChI=1S/C10H10O2/c11-7-10-9-4-2-1-3-8(9)5-6-12-10/h1-4,7,10H,5-6H2/t10-/m0/s1. The molecule has 0 bridgehead atoms. The lowest BCUT2D eigenvalue weighted by molar-refractivity contribution is -0.119. The van der Waals surface area contributed by atoms with Crippen LogP contribution in [0, 0.1) is 0 Å². The van der Waals surface area contributed by atoms with Crippen molar-refractivity contribution in [2.24, 2.45) is 0 Å². The average molecular weight is 162 g/mol. The van der Waals surface area contributed by atoms with Crippen LogP contribution in [-0.4, -0.2) is 12.9 Å². The molecule has 0 aromatic heterocycles. The van der Waals surface area contributed by atoms with Crippen molar-refractivity contribution in [3.05, 3.63) is 35.4 Å². The van der Waals surface area contributed by atoms with Crippen LogP contribution in [-0.2, 0) is 16.0 Å². The van der Waals surface area contributed by atoms with E-state index in [0.717, 1.165) is 18.3 Å². The van der Waals surface area contributed by atoms with Crippen molar-refractivity contribution in [2.45, 2.75) is 12.5 Å². The molecule has 1 heterocycles. The number of carbonyl (C=O) groups excluding carboxylic acids is 1. The van der Waals surface area contributed by atoms with Crippen LogP contribution in [0.4, 0.5) is 0 Å². The SMILES string of the molecule is O=C[C@@H]1OCCc2ccccc21. The maximum absolute atomic E-state index is 10.6. The fourth-order valence-electron chi connectivity index (χ4n) is 1.54. The first kappa shape index (κ1) is 7.50. The van der Waals surface area contributed by atoms with Gasteiger partial charge in [-0.25, -0.2) is 0 Å². The van der Waals surface area contributed by atoms with E-state index in [1.165, 1.54) is 5.56 Å². The minimum Gasteiger partial charge on any atom is -0.366 e. The van der Waals surface area contributed by atoms with Gasteiger partial charge in [0.15, 0.2) is 6.29 Å². The summed E-state index contributed by atoms with van der Waals surface area (Å²) in [5, 5.41) is 0. The van der Waals surface area contributed by atoms with Gasteiger partial charge in [0.25, 0.3) is 0 Å². The summed E-state index contributed by atoms with van der Waals surface area (Å²) in [5.74, 6) is 0. The Balaban J connectivity index is 2.43. The predicted octanol–water partition coefficient (Wildman–Crippen LogP) is 1.50. The Morgan fingerprint density at radius 1 is 1.42 bits per heavy atom. The Bertz CT molecular complexity index is 294. The van der Waals surface area contributed by atoms with Crippen molar-refractivity contribution >= 4 is 6.29 Å². The number of ether oxygens (including phenoxy) is 1. The lowest BCUT2D eigenvalue weighted by Crippen LogP contribution is -2.16. The molecule has 1 aromatic rings. The van der Waals surface area contributed by atoms with Gasteiger partial charge in [-0.2, -0.15) is 0 Å². The second-order valence-corrected chi connectivity index (χ2v) is 2.88. The number of benzene rings is 1. The lowest BCUT2D eigenvalue weighted by atomic mass is 9.98. The highest BCUT2D eigenvalue weighted by atomic mass is 16.5. The summed E-state index contributed by atoms with van der Waals surface area (Å²) in [7, 11) is 0. The summed E-state index contributed by atoms with van der Waals surface area (Å²) in [5.41, 5.74) is 2.26. The number of hydrogen-bond acceptors (Lipinski definition) is 2. The maximum atomic E-state index is 10.6. The van der Waals surface area contributed by atoms with Crippen LogP contribution in [0.25, 0.3) is 0 Å². The molecule has 2 nitrogen and oxygen atoms in total. The fraction of sp³-hybridized carbons (Fsp3) is 0.300. The Morgan fingerprint density at radius 3 is 3.08 bits per heavy atom. The first-order valence-electron chi connectivity index (χ1n) is 4.06. The van der Waals surface area contributed by atoms with E-state index < -0.39 is 0 Å². The third-order valence-corrected chi connectivity index (χ3v) is 2.15. The van der Waals surface area contributed by atoms with Crippen molar-refractivity contribution in [2.75, 3.05) is 6.61 Å². The van der Waals surface area contributed by atoms with Crippen LogP contribution in [0.2, 0.25) is 0 Å². The molecule has 0 radical (unpaired) electrons. The van der Waals surface area contributed by atoms with E-state index in [4.69, 9.17) is 4.74 Å². The molecule has 0 N–H and O–H groups in total. The van der Waals surface area contributed by atoms with Gasteiger partial charge in [0.05, 0.1) is 6.61 Å². The molecule has 0 saturated carbocycles. The van der Waals surface area contributed by atoms with Crippen LogP contribution in [0.3, 0.4) is 0 Å². The van der Waals surface area contributed by atoms with E-state index in [1.807, 2.05) is 24.3 Å². The second-order valence-electron chi connectivity index (χ2n) is 2.88. The van der Waals surface area contributed by atoms with Crippen molar-refractivity contribution in [1.82, 2.24) is 0 Å². The molecule has 62 valence electrons. The summed E-state index contributed by atoms with van der Waals surface area (Å²) < 4.78 is 5.29. The number of fused-ring (bicyclic) bond motifs is 1. The fourth-order valence-corrected chi connectivity index (χ4v) is 1.54. The van der Waals surface area contributed by atoms with Crippen molar-refractivity contribution < 1.29 is 9.53 Å². The van der Waals surface area contributed by atoms with Gasteiger partial charge in [-0.1, -0.05) is 24.3 Å². The molecule has 0 aliphatic carbocycles. The summed E-state index contributed by atoms with van der Waals surface area (Å²) in [6, 6.07) is 7.93. The first-order chi connectivity index (χ1) is 5.92. The number of hydrogen-bond donors (Lipinski definition) is 0. The first-order valence-corrected chi connectivity index (χ1v) is 4.06. The van der Waals surface area contributed by atoms with Crippen molar-refractivity contribution in [3.8, 4) is 0 Å². The molecule has 0 unspecified atom stereocenters. The number of carbonyl (C=O) groups is 1. The van der Waals surface area contributed by atoms with Gasteiger partial charge >= 0.3 is 0 Å². The van der Waals surface area contributed by atoms with Gasteiger partial charge in [0.2, 0.25) is 0 Å². The van der Waals surface area contributed by atoms with Crippen molar-refractivity contribution in [1.29, 1.82) is 0 Å². The highest BCUT2D eigenvalue weighted by Crippen LogP contribution is 2.24. The zero-order chi connectivity index (χ0) is 8.39. The molecule has 0 fully saturated rings. The van der Waals surface area contributed by atoms with Gasteiger partial charge < -0.3 is 9.53 Å². The van der Waals surface area contributed by atoms with Crippen molar-refractivity contribution in [3.63, 3.8) is 0 Å². The Hall–Kier alpha value is -1.15. The van der Waals surface area contributed by atoms with Crippen LogP contribution >= 0.6 is 0 Å². The van der Waals surface area contributed by atoms with Crippen LogP contribution in [0.15, 0.2) is 24.3 Å². The molecular weight excluding hydrogens is 152 g/mol. The third-order valence-electron chi connectivity index (χ3n) is 2.15. The molecule has 1 aromatic carbocycles. The highest BCUT2D eigenvalue weighted by molar-refractivity contribution is 5.61. The van der Waals surface area contributed by atoms with Crippen LogP contribution in [0.1, 0.15) is 17.2 Å². The smallest absolute Gasteiger partial charge is 0.153 e. The molecular formula is C10H10O2. The second kappa shape index (κ2) is 3.07. The van der Waals surface area contributed by atoms with Crippen LogP contribution in [0.5, 0.6) is 0 Å². The summed E-state index contributed by atoms with van der Waals surface area (Å²) in [6.45, 7) is 0.653. The van der Waals surface area contributed by atoms with E-state index in [1.54, 1.807) is 0 Å². The minimum atomic E-state index is -0.338. The Morgan fingerprint density at radius 2 is 2.25 bits per heavy atom. The quantitative estimate of drug-likeness (QED) is 0.585. The zero-order valence-corrected chi connectivity index (χ0v) is 6.69. The topological polar surface area (TPSA) is 26.3 Å². The summed E-state index contributed by atoms with van der Waals surface area (Å²) in [6.07, 6.45) is 1.44. The number of aldehydes is 1. The normalized spacial score (nSPS) is 21.5. The highest BCUT2D eigenvalue weighted by Gasteiger charge is 2.18. The van der Waals surface area contributed by atoms with Gasteiger partial charge in [0, 0.05) is 0 Å². The van der Waals surface area contributed by atoms with Crippen LogP contribution < -0.4 is 0 Å². The minimum absolute atomic E-state index is 0.338. The predicted molar refractivity (Wildman–Crippen MR) is 44.9 cm³/mol. The van der Waals surface area contributed by atoms with E-state index in [2.05, 4.69) is 0 Å². The molecule has 0 saturated heterocycles. The molecule has 2 heteroatoms.